The molecule has 2 aliphatic rings. The average molecular weight is 422 g/mol. The van der Waals surface area contributed by atoms with Gasteiger partial charge in [0.2, 0.25) is 0 Å². The molecule has 0 unspecified atom stereocenters. The zero-order chi connectivity index (χ0) is 21.5. The Kier molecular flexibility index (Phi) is 5.02. The molecule has 8 heteroatoms. The molecule has 0 spiro atoms. The zero-order valence-electron chi connectivity index (χ0n) is 17.5. The minimum Gasteiger partial charge on any atom is -0.618 e. The Morgan fingerprint density at radius 2 is 2.00 bits per heavy atom. The highest BCUT2D eigenvalue weighted by atomic mass is 16.5. The first-order valence-electron chi connectivity index (χ1n) is 10.8. The van der Waals surface area contributed by atoms with E-state index in [0.29, 0.717) is 17.1 Å². The smallest absolute Gasteiger partial charge is 0.321 e. The van der Waals surface area contributed by atoms with Gasteiger partial charge in [-0.25, -0.2) is 0 Å². The number of nitrogens with zero attached hydrogens (tertiary/aromatic N) is 3. The van der Waals surface area contributed by atoms with Crippen LogP contribution in [-0.2, 0) is 0 Å². The predicted octanol–water partition coefficient (Wildman–Crippen LogP) is 3.28. The van der Waals surface area contributed by atoms with E-state index in [1.165, 1.54) is 13.2 Å². The number of aromatic nitrogens is 3. The highest BCUT2D eigenvalue weighted by molar-refractivity contribution is 6.04. The molecule has 0 saturated heterocycles. The van der Waals surface area contributed by atoms with Crippen molar-refractivity contribution in [2.45, 2.75) is 56.6 Å². The molecule has 2 N–H and O–H groups in total. The van der Waals surface area contributed by atoms with Crippen LogP contribution in [0.2, 0.25) is 0 Å². The van der Waals surface area contributed by atoms with Gasteiger partial charge in [0, 0.05) is 35.7 Å². The number of aliphatic hydroxyl groups excluding tert-OH is 1. The van der Waals surface area contributed by atoms with Crippen molar-refractivity contribution in [2.75, 3.05) is 12.4 Å². The molecule has 1 amide bonds. The fraction of sp³-hybridized carbons (Fsp3) is 0.435. The van der Waals surface area contributed by atoms with Crippen LogP contribution in [-0.4, -0.2) is 34.0 Å². The summed E-state index contributed by atoms with van der Waals surface area (Å²) in [4.78, 5) is 12.9. The zero-order valence-corrected chi connectivity index (χ0v) is 17.5. The number of hydrogen-bond acceptors (Lipinski definition) is 5. The van der Waals surface area contributed by atoms with Gasteiger partial charge in [-0.3, -0.25) is 9.48 Å². The summed E-state index contributed by atoms with van der Waals surface area (Å²) >= 11 is 0. The maximum absolute atomic E-state index is 12.9. The summed E-state index contributed by atoms with van der Waals surface area (Å²) in [6.45, 7) is 0. The average Bonchev–Trinajstić information content (AvgIpc) is 3.53. The van der Waals surface area contributed by atoms with E-state index in [9.17, 15) is 15.1 Å². The molecule has 2 fully saturated rings. The van der Waals surface area contributed by atoms with Crippen molar-refractivity contribution in [3.8, 4) is 5.75 Å². The number of benzene rings is 1. The molecule has 2 heterocycles. The maximum atomic E-state index is 12.9. The number of ether oxygens (including phenoxy) is 1. The summed E-state index contributed by atoms with van der Waals surface area (Å²) < 4.78 is 8.17. The topological polar surface area (TPSA) is 103 Å². The molecule has 162 valence electrons. The number of nitrogens with one attached hydrogen (secondary N) is 1. The van der Waals surface area contributed by atoms with Crippen molar-refractivity contribution < 1.29 is 19.4 Å². The normalized spacial score (nSPS) is 21.2. The van der Waals surface area contributed by atoms with Crippen LogP contribution >= 0.6 is 0 Å². The second-order valence-corrected chi connectivity index (χ2v) is 8.54. The van der Waals surface area contributed by atoms with Gasteiger partial charge in [0.1, 0.15) is 5.75 Å². The van der Waals surface area contributed by atoms with Gasteiger partial charge in [-0.1, -0.05) is 0 Å². The second-order valence-electron chi connectivity index (χ2n) is 8.54. The van der Waals surface area contributed by atoms with Crippen LogP contribution in [0.4, 0.5) is 5.69 Å². The van der Waals surface area contributed by atoms with Gasteiger partial charge in [0.15, 0.2) is 5.69 Å². The van der Waals surface area contributed by atoms with Gasteiger partial charge >= 0.3 is 5.91 Å². The van der Waals surface area contributed by atoms with Crippen molar-refractivity contribution in [3.63, 3.8) is 0 Å². The van der Waals surface area contributed by atoms with Crippen LogP contribution < -0.4 is 14.8 Å². The fourth-order valence-corrected chi connectivity index (χ4v) is 4.40. The minimum absolute atomic E-state index is 0.0722. The first-order valence-corrected chi connectivity index (χ1v) is 10.8. The summed E-state index contributed by atoms with van der Waals surface area (Å²) in [5, 5.41) is 30.8. The van der Waals surface area contributed by atoms with Gasteiger partial charge in [-0.15, -0.1) is 0 Å². The highest BCUT2D eigenvalue weighted by Gasteiger charge is 2.33. The van der Waals surface area contributed by atoms with Crippen LogP contribution in [0.1, 0.15) is 66.7 Å². The molecule has 31 heavy (non-hydrogen) atoms. The fourth-order valence-electron chi connectivity index (χ4n) is 4.40. The van der Waals surface area contributed by atoms with E-state index in [0.717, 1.165) is 54.2 Å². The quantitative estimate of drug-likeness (QED) is 0.485. The molecule has 0 radical (unpaired) electrons. The third-order valence-electron chi connectivity index (χ3n) is 6.33. The number of pyridine rings is 1. The SMILES string of the molecule is COc1cc2nn(C3CCC(O)CC3)cc2cc1NC(=O)c1cccc(C2CC2)[n+]1[O-]. The number of rotatable bonds is 5. The molecule has 0 bridgehead atoms. The van der Waals surface area contributed by atoms with Crippen molar-refractivity contribution in [1.82, 2.24) is 9.78 Å². The number of aliphatic hydroxyl groups is 1. The number of hydrogen-bond donors (Lipinski definition) is 2. The molecule has 8 nitrogen and oxygen atoms in total. The van der Waals surface area contributed by atoms with E-state index in [4.69, 9.17) is 4.74 Å². The molecule has 5 rings (SSSR count). The molecular formula is C23H26N4O4. The Labute approximate surface area is 180 Å². The minimum atomic E-state index is -0.469. The number of methoxy groups -OCH3 is 1. The van der Waals surface area contributed by atoms with Crippen LogP contribution in [0, 0.1) is 5.21 Å². The Balaban J connectivity index is 1.42. The Morgan fingerprint density at radius 1 is 1.23 bits per heavy atom. The molecule has 2 aromatic heterocycles. The summed E-state index contributed by atoms with van der Waals surface area (Å²) in [7, 11) is 1.54. The third-order valence-corrected chi connectivity index (χ3v) is 6.33. The third kappa shape index (κ3) is 3.83. The lowest BCUT2D eigenvalue weighted by Crippen LogP contribution is -2.40. The first kappa shape index (κ1) is 19.8. The highest BCUT2D eigenvalue weighted by Crippen LogP contribution is 2.38. The monoisotopic (exact) mass is 422 g/mol. The van der Waals surface area contributed by atoms with E-state index in [1.807, 2.05) is 16.9 Å². The van der Waals surface area contributed by atoms with E-state index >= 15 is 0 Å². The van der Waals surface area contributed by atoms with Crippen molar-refractivity contribution in [3.05, 3.63) is 53.1 Å². The molecular weight excluding hydrogens is 396 g/mol. The standard InChI is InChI=1S/C23H26N4O4/c1-31-22-12-18-15(13-26(25-18)16-7-9-17(28)10-8-16)11-19(22)24-23(29)21-4-2-3-20(27(21)30)14-5-6-14/h2-4,11-14,16-17,28H,5-10H2,1H3,(H,24,29). The van der Waals surface area contributed by atoms with Crippen LogP contribution in [0.3, 0.4) is 0 Å². The van der Waals surface area contributed by atoms with Gasteiger partial charge in [-0.05, 0) is 50.7 Å². The molecule has 0 atom stereocenters. The lowest BCUT2D eigenvalue weighted by molar-refractivity contribution is -0.616. The van der Waals surface area contributed by atoms with Crippen molar-refractivity contribution in [1.29, 1.82) is 0 Å². The van der Waals surface area contributed by atoms with Gasteiger partial charge in [0.05, 0.1) is 30.5 Å². The lowest BCUT2D eigenvalue weighted by atomic mass is 9.93. The van der Waals surface area contributed by atoms with Gasteiger partial charge in [-0.2, -0.15) is 9.83 Å². The van der Waals surface area contributed by atoms with Crippen LogP contribution in [0.15, 0.2) is 36.5 Å². The largest absolute Gasteiger partial charge is 0.618 e. The van der Waals surface area contributed by atoms with Crippen LogP contribution in [0.5, 0.6) is 5.75 Å². The van der Waals surface area contributed by atoms with E-state index < -0.39 is 5.91 Å². The first-order chi connectivity index (χ1) is 15.0. The molecule has 3 aromatic rings. The second kappa shape index (κ2) is 7.85. The number of carbonyl (C=O) groups is 1. The summed E-state index contributed by atoms with van der Waals surface area (Å²) in [6.07, 6.45) is 7.05. The van der Waals surface area contributed by atoms with Gasteiger partial charge in [0.25, 0.3) is 5.69 Å². The Hall–Kier alpha value is -3.13. The summed E-state index contributed by atoms with van der Waals surface area (Å²) in [5.74, 6) is 0.271. The van der Waals surface area contributed by atoms with E-state index in [-0.39, 0.29) is 23.8 Å². The molecule has 0 aliphatic heterocycles. The predicted molar refractivity (Wildman–Crippen MR) is 115 cm³/mol. The molecule has 2 aliphatic carbocycles. The van der Waals surface area contributed by atoms with Crippen LogP contribution in [0.25, 0.3) is 10.9 Å². The van der Waals surface area contributed by atoms with Gasteiger partial charge < -0.3 is 20.4 Å². The van der Waals surface area contributed by atoms with Crippen molar-refractivity contribution >= 4 is 22.5 Å². The summed E-state index contributed by atoms with van der Waals surface area (Å²) in [5.41, 5.74) is 1.99. The lowest BCUT2D eigenvalue weighted by Gasteiger charge is -2.25. The van der Waals surface area contributed by atoms with E-state index in [2.05, 4.69) is 10.4 Å². The Morgan fingerprint density at radius 3 is 2.71 bits per heavy atom. The number of amides is 1. The summed E-state index contributed by atoms with van der Waals surface area (Å²) in [6, 6.07) is 8.95. The number of anilines is 1. The number of carbonyl (C=O) groups excluding carboxylic acids is 1. The Bertz CT molecular complexity index is 1130. The van der Waals surface area contributed by atoms with E-state index in [1.54, 1.807) is 18.2 Å². The molecule has 2 saturated carbocycles. The van der Waals surface area contributed by atoms with Crippen molar-refractivity contribution in [2.24, 2.45) is 0 Å². The maximum Gasteiger partial charge on any atom is 0.321 e. The molecule has 1 aromatic carbocycles. The number of fused-ring (bicyclic) bond motifs is 1.